The summed E-state index contributed by atoms with van der Waals surface area (Å²) in [7, 11) is 0. The first-order valence-corrected chi connectivity index (χ1v) is 7.57. The van der Waals surface area contributed by atoms with E-state index in [-0.39, 0.29) is 16.6 Å². The third-order valence-corrected chi connectivity index (χ3v) is 3.94. The zero-order valence-electron chi connectivity index (χ0n) is 12.8. The Morgan fingerprint density at radius 3 is 2.54 bits per heavy atom. The molecule has 2 aromatic carbocycles. The number of amides is 1. The molecule has 0 saturated carbocycles. The lowest BCUT2D eigenvalue weighted by Crippen LogP contribution is -2.13. The number of H-pyrrole nitrogens is 1. The van der Waals surface area contributed by atoms with Crippen LogP contribution >= 0.6 is 11.6 Å². The van der Waals surface area contributed by atoms with Crippen LogP contribution in [0.4, 0.5) is 5.69 Å². The largest absolute Gasteiger partial charge is 0.320 e. The van der Waals surface area contributed by atoms with Crippen LogP contribution in [0.3, 0.4) is 0 Å². The van der Waals surface area contributed by atoms with Crippen LogP contribution in [0, 0.1) is 18.3 Å². The average molecular weight is 337 g/mol. The van der Waals surface area contributed by atoms with Crippen LogP contribution in [0.2, 0.25) is 5.02 Å². The summed E-state index contributed by atoms with van der Waals surface area (Å²) in [5, 5.41) is 18.3. The average Bonchev–Trinajstić information content (AvgIpc) is 3.03. The van der Waals surface area contributed by atoms with Crippen LogP contribution in [0.25, 0.3) is 11.1 Å². The predicted molar refractivity (Wildman–Crippen MR) is 92.9 cm³/mol. The molecule has 0 unspecified atom stereocenters. The quantitative estimate of drug-likeness (QED) is 0.753. The van der Waals surface area contributed by atoms with Gasteiger partial charge in [0.25, 0.3) is 5.91 Å². The number of anilines is 1. The number of hydrogen-bond acceptors (Lipinski definition) is 3. The maximum atomic E-state index is 12.3. The Hall–Kier alpha value is -3.10. The molecule has 0 aliphatic rings. The minimum atomic E-state index is -0.349. The maximum absolute atomic E-state index is 12.3. The van der Waals surface area contributed by atoms with Crippen molar-refractivity contribution in [3.05, 3.63) is 70.5 Å². The van der Waals surface area contributed by atoms with Crippen LogP contribution < -0.4 is 5.32 Å². The summed E-state index contributed by atoms with van der Waals surface area (Å²) < 4.78 is 0. The molecule has 1 heterocycles. The summed E-state index contributed by atoms with van der Waals surface area (Å²) >= 11 is 5.92. The second kappa shape index (κ2) is 6.57. The van der Waals surface area contributed by atoms with Gasteiger partial charge in [-0.3, -0.25) is 9.89 Å². The Bertz CT molecular complexity index is 938. The smallest absolute Gasteiger partial charge is 0.275 e. The minimum absolute atomic E-state index is 0.222. The van der Waals surface area contributed by atoms with Crippen molar-refractivity contribution in [1.82, 2.24) is 10.2 Å². The number of nitriles is 1. The molecule has 3 rings (SSSR count). The molecule has 0 radical (unpaired) electrons. The van der Waals surface area contributed by atoms with Gasteiger partial charge in [0, 0.05) is 5.69 Å². The number of hydrogen-bond donors (Lipinski definition) is 2. The lowest BCUT2D eigenvalue weighted by molar-refractivity contribution is 0.102. The number of benzene rings is 2. The van der Waals surface area contributed by atoms with E-state index < -0.39 is 0 Å². The number of rotatable bonds is 3. The van der Waals surface area contributed by atoms with Gasteiger partial charge < -0.3 is 5.32 Å². The highest BCUT2D eigenvalue weighted by Gasteiger charge is 2.14. The van der Waals surface area contributed by atoms with Crippen LogP contribution in [0.5, 0.6) is 0 Å². The lowest BCUT2D eigenvalue weighted by Gasteiger charge is -2.10. The molecule has 0 aliphatic heterocycles. The Morgan fingerprint density at radius 2 is 1.92 bits per heavy atom. The molecule has 24 heavy (non-hydrogen) atoms. The molecule has 0 aliphatic carbocycles. The molecule has 1 amide bonds. The van der Waals surface area contributed by atoms with Crippen LogP contribution in [-0.4, -0.2) is 16.1 Å². The SMILES string of the molecule is Cc1ccc(-c2ccc(C#N)cc2)cc1NC(=O)c1[nH]ncc1Cl. The summed E-state index contributed by atoms with van der Waals surface area (Å²) in [6, 6.07) is 15.2. The number of nitrogens with zero attached hydrogens (tertiary/aromatic N) is 2. The fourth-order valence-electron chi connectivity index (χ4n) is 2.29. The summed E-state index contributed by atoms with van der Waals surface area (Å²) in [5.41, 5.74) is 4.34. The third kappa shape index (κ3) is 3.14. The normalized spacial score (nSPS) is 10.2. The van der Waals surface area contributed by atoms with E-state index in [0.717, 1.165) is 16.7 Å². The molecule has 118 valence electrons. The molecule has 0 bridgehead atoms. The molecule has 0 atom stereocenters. The first-order chi connectivity index (χ1) is 11.6. The summed E-state index contributed by atoms with van der Waals surface area (Å²) in [4.78, 5) is 12.3. The number of carbonyl (C=O) groups excluding carboxylic acids is 1. The summed E-state index contributed by atoms with van der Waals surface area (Å²) in [6.07, 6.45) is 1.39. The van der Waals surface area contributed by atoms with Gasteiger partial charge in [0.05, 0.1) is 22.9 Å². The van der Waals surface area contributed by atoms with Gasteiger partial charge in [-0.25, -0.2) is 0 Å². The van der Waals surface area contributed by atoms with Crippen LogP contribution in [0.15, 0.2) is 48.7 Å². The molecule has 2 N–H and O–H groups in total. The Labute approximate surface area is 143 Å². The van der Waals surface area contributed by atoms with Crippen LogP contribution in [-0.2, 0) is 0 Å². The van der Waals surface area contributed by atoms with Crippen LogP contribution in [0.1, 0.15) is 21.6 Å². The molecule has 3 aromatic rings. The highest BCUT2D eigenvalue weighted by Crippen LogP contribution is 2.26. The van der Waals surface area contributed by atoms with Crippen molar-refractivity contribution in [3.8, 4) is 17.2 Å². The van der Waals surface area contributed by atoms with E-state index in [2.05, 4.69) is 21.6 Å². The van der Waals surface area contributed by atoms with Crippen molar-refractivity contribution in [2.24, 2.45) is 0 Å². The maximum Gasteiger partial charge on any atom is 0.275 e. The fourth-order valence-corrected chi connectivity index (χ4v) is 2.47. The minimum Gasteiger partial charge on any atom is -0.320 e. The zero-order chi connectivity index (χ0) is 17.1. The molecule has 0 fully saturated rings. The predicted octanol–water partition coefficient (Wildman–Crippen LogP) is 4.16. The second-order valence-electron chi connectivity index (χ2n) is 5.27. The molecule has 0 spiro atoms. The molecule has 6 heteroatoms. The van der Waals surface area contributed by atoms with Gasteiger partial charge in [0.2, 0.25) is 0 Å². The van der Waals surface area contributed by atoms with E-state index in [9.17, 15) is 4.79 Å². The Morgan fingerprint density at radius 1 is 1.21 bits per heavy atom. The number of aromatic amines is 1. The lowest BCUT2D eigenvalue weighted by atomic mass is 10.0. The van der Waals surface area contributed by atoms with Crippen molar-refractivity contribution in [1.29, 1.82) is 5.26 Å². The van der Waals surface area contributed by atoms with E-state index in [1.807, 2.05) is 37.3 Å². The van der Waals surface area contributed by atoms with Gasteiger partial charge >= 0.3 is 0 Å². The van der Waals surface area contributed by atoms with E-state index in [1.54, 1.807) is 12.1 Å². The first kappa shape index (κ1) is 15.8. The number of nitrogens with one attached hydrogen (secondary N) is 2. The summed E-state index contributed by atoms with van der Waals surface area (Å²) in [6.45, 7) is 1.91. The van der Waals surface area contributed by atoms with Gasteiger partial charge in [-0.15, -0.1) is 0 Å². The van der Waals surface area contributed by atoms with Gasteiger partial charge in [0.15, 0.2) is 0 Å². The number of aryl methyl sites for hydroxylation is 1. The van der Waals surface area contributed by atoms with E-state index in [4.69, 9.17) is 16.9 Å². The highest BCUT2D eigenvalue weighted by molar-refractivity contribution is 6.34. The van der Waals surface area contributed by atoms with Gasteiger partial charge in [-0.05, 0) is 41.8 Å². The molecule has 0 saturated heterocycles. The Balaban J connectivity index is 1.90. The summed E-state index contributed by atoms with van der Waals surface area (Å²) in [5.74, 6) is -0.349. The standard InChI is InChI=1S/C18H13ClN4O/c1-11-2-5-14(13-6-3-12(9-20)4-7-13)8-16(11)22-18(24)17-15(19)10-21-23-17/h2-8,10H,1H3,(H,21,23)(H,22,24). The van der Waals surface area contributed by atoms with E-state index >= 15 is 0 Å². The van der Waals surface area contributed by atoms with Crippen molar-refractivity contribution in [3.63, 3.8) is 0 Å². The Kier molecular flexibility index (Phi) is 4.32. The fraction of sp³-hybridized carbons (Fsp3) is 0.0556. The van der Waals surface area contributed by atoms with Gasteiger partial charge in [-0.1, -0.05) is 35.9 Å². The topological polar surface area (TPSA) is 81.6 Å². The molecule has 5 nitrogen and oxygen atoms in total. The molecule has 1 aromatic heterocycles. The highest BCUT2D eigenvalue weighted by atomic mass is 35.5. The second-order valence-corrected chi connectivity index (χ2v) is 5.67. The first-order valence-electron chi connectivity index (χ1n) is 7.20. The van der Waals surface area contributed by atoms with Crippen molar-refractivity contribution >= 4 is 23.2 Å². The van der Waals surface area contributed by atoms with E-state index in [0.29, 0.717) is 11.3 Å². The van der Waals surface area contributed by atoms with Crippen molar-refractivity contribution in [2.45, 2.75) is 6.92 Å². The van der Waals surface area contributed by atoms with Crippen molar-refractivity contribution in [2.75, 3.05) is 5.32 Å². The third-order valence-electron chi connectivity index (χ3n) is 3.65. The molecular weight excluding hydrogens is 324 g/mol. The van der Waals surface area contributed by atoms with Gasteiger partial charge in [0.1, 0.15) is 5.69 Å². The zero-order valence-corrected chi connectivity index (χ0v) is 13.6. The number of aromatic nitrogens is 2. The number of halogens is 1. The van der Waals surface area contributed by atoms with Crippen molar-refractivity contribution < 1.29 is 4.79 Å². The van der Waals surface area contributed by atoms with Gasteiger partial charge in [-0.2, -0.15) is 10.4 Å². The molecular formula is C18H13ClN4O. The number of carbonyl (C=O) groups is 1. The monoisotopic (exact) mass is 336 g/mol. The van der Waals surface area contributed by atoms with E-state index in [1.165, 1.54) is 6.20 Å².